The monoisotopic (exact) mass is 434 g/mol. The Morgan fingerprint density at radius 1 is 0.688 bits per heavy atom. The normalized spacial score (nSPS) is 12.8. The van der Waals surface area contributed by atoms with Crippen molar-refractivity contribution in [1.82, 2.24) is 0 Å². The number of phenols is 2. The molecular weight excluding hydrogens is 396 g/mol. The highest BCUT2D eigenvalue weighted by Gasteiger charge is 2.37. The molecule has 0 radical (unpaired) electrons. The maximum absolute atomic E-state index is 13.3. The van der Waals surface area contributed by atoms with Crippen molar-refractivity contribution in [2.75, 3.05) is 0 Å². The lowest BCUT2D eigenvalue weighted by Crippen LogP contribution is -2.36. The Bertz CT molecular complexity index is 923. The zero-order chi connectivity index (χ0) is 24.3. The molecule has 0 unspecified atom stereocenters. The molecule has 0 amide bonds. The summed E-state index contributed by atoms with van der Waals surface area (Å²) in [6.07, 6.45) is 9.45. The lowest BCUT2D eigenvalue weighted by Gasteiger charge is -2.32. The molecule has 0 saturated carbocycles. The summed E-state index contributed by atoms with van der Waals surface area (Å²) in [5.74, 6) is 0.908. The van der Waals surface area contributed by atoms with E-state index in [1.165, 1.54) is 0 Å². The highest BCUT2D eigenvalue weighted by Crippen LogP contribution is 2.36. The summed E-state index contributed by atoms with van der Waals surface area (Å²) in [7, 11) is 0. The number of hydrogen-bond acceptors (Lipinski definition) is 3. The van der Waals surface area contributed by atoms with Gasteiger partial charge in [0.05, 0.1) is 0 Å². The molecule has 0 heterocycles. The van der Waals surface area contributed by atoms with Crippen LogP contribution >= 0.6 is 0 Å². The minimum absolute atomic E-state index is 0.232. The van der Waals surface area contributed by atoms with Crippen molar-refractivity contribution in [2.24, 2.45) is 10.8 Å². The van der Waals surface area contributed by atoms with E-state index in [1.54, 1.807) is 0 Å². The maximum Gasteiger partial charge on any atom is 0.144 e. The third-order valence-corrected chi connectivity index (χ3v) is 6.13. The van der Waals surface area contributed by atoms with Gasteiger partial charge in [-0.05, 0) is 98.2 Å². The Kier molecular flexibility index (Phi) is 7.77. The van der Waals surface area contributed by atoms with Gasteiger partial charge in [0.1, 0.15) is 17.3 Å². The molecule has 0 atom stereocenters. The molecule has 3 heteroatoms. The number of carbonyl (C=O) groups is 1. The second-order valence-corrected chi connectivity index (χ2v) is 10.3. The van der Waals surface area contributed by atoms with Gasteiger partial charge in [-0.25, -0.2) is 0 Å². The van der Waals surface area contributed by atoms with Crippen LogP contribution in [0.15, 0.2) is 36.4 Å². The summed E-state index contributed by atoms with van der Waals surface area (Å²) in [6, 6.07) is 7.81. The van der Waals surface area contributed by atoms with Gasteiger partial charge >= 0.3 is 0 Å². The van der Waals surface area contributed by atoms with Crippen LogP contribution < -0.4 is 0 Å². The summed E-state index contributed by atoms with van der Waals surface area (Å²) in [4.78, 5) is 13.3. The molecular formula is C29H38O3. The first-order valence-corrected chi connectivity index (χ1v) is 11.2. The molecule has 0 fully saturated rings. The molecule has 0 saturated heterocycles. The predicted molar refractivity (Wildman–Crippen MR) is 135 cm³/mol. The first-order valence-electron chi connectivity index (χ1n) is 11.2. The predicted octanol–water partition coefficient (Wildman–Crippen LogP) is 7.46. The van der Waals surface area contributed by atoms with E-state index in [-0.39, 0.29) is 5.78 Å². The van der Waals surface area contributed by atoms with Crippen LogP contribution in [0.3, 0.4) is 0 Å². The van der Waals surface area contributed by atoms with Crippen LogP contribution in [0.5, 0.6) is 11.5 Å². The van der Waals surface area contributed by atoms with Gasteiger partial charge < -0.3 is 10.2 Å². The van der Waals surface area contributed by atoms with Crippen molar-refractivity contribution in [1.29, 1.82) is 0 Å². The average Bonchev–Trinajstić information content (AvgIpc) is 2.69. The molecule has 0 bridgehead atoms. The van der Waals surface area contributed by atoms with E-state index < -0.39 is 10.8 Å². The third-order valence-electron chi connectivity index (χ3n) is 6.13. The summed E-state index contributed by atoms with van der Waals surface area (Å²) >= 11 is 0. The largest absolute Gasteiger partial charge is 0.507 e. The SMILES string of the molecule is Cc1cc(C=CCC(C)(C)C(=O)C(C)(C)CC=Cc2cc(C)c(O)c(C)c2)cc(C)c1O. The first kappa shape index (κ1) is 25.5. The van der Waals surface area contributed by atoms with Crippen LogP contribution in [0.2, 0.25) is 0 Å². The number of aromatic hydroxyl groups is 2. The fourth-order valence-corrected chi connectivity index (χ4v) is 4.25. The maximum atomic E-state index is 13.3. The highest BCUT2D eigenvalue weighted by molar-refractivity contribution is 5.89. The van der Waals surface area contributed by atoms with Gasteiger partial charge in [-0.1, -0.05) is 52.0 Å². The lowest BCUT2D eigenvalue weighted by atomic mass is 9.70. The van der Waals surface area contributed by atoms with Crippen molar-refractivity contribution in [2.45, 2.75) is 68.2 Å². The lowest BCUT2D eigenvalue weighted by molar-refractivity contribution is -0.135. The second-order valence-electron chi connectivity index (χ2n) is 10.3. The van der Waals surface area contributed by atoms with Gasteiger partial charge in [-0.2, -0.15) is 0 Å². The van der Waals surface area contributed by atoms with Gasteiger partial charge in [-0.15, -0.1) is 0 Å². The highest BCUT2D eigenvalue weighted by atomic mass is 16.3. The molecule has 0 aliphatic heterocycles. The molecule has 2 rings (SSSR count). The Hall–Kier alpha value is -2.81. The van der Waals surface area contributed by atoms with Crippen molar-refractivity contribution in [3.8, 4) is 11.5 Å². The van der Waals surface area contributed by atoms with Crippen molar-refractivity contribution in [3.05, 3.63) is 69.8 Å². The van der Waals surface area contributed by atoms with Crippen LogP contribution in [0, 0.1) is 38.5 Å². The number of phenolic OH excluding ortho intramolecular Hbond substituents is 2. The number of allylic oxidation sites excluding steroid dienone is 2. The zero-order valence-electron chi connectivity index (χ0n) is 20.8. The number of aryl methyl sites for hydroxylation is 4. The standard InChI is InChI=1S/C29H38O3/c1-19-15-23(16-20(2)25(19)30)11-9-13-28(5,6)27(32)29(7,8)14-10-12-24-17-21(3)26(31)22(4)18-24/h9-12,15-18,30-31H,13-14H2,1-8H3. The molecule has 2 aromatic carbocycles. The quantitative estimate of drug-likeness (QED) is 0.453. The van der Waals surface area contributed by atoms with E-state index >= 15 is 0 Å². The fraction of sp³-hybridized carbons (Fsp3) is 0.414. The van der Waals surface area contributed by atoms with Crippen LogP contribution in [-0.2, 0) is 4.79 Å². The summed E-state index contributed by atoms with van der Waals surface area (Å²) in [6.45, 7) is 15.6. The van der Waals surface area contributed by atoms with Crippen molar-refractivity contribution in [3.63, 3.8) is 0 Å². The fourth-order valence-electron chi connectivity index (χ4n) is 4.25. The number of rotatable bonds is 8. The van der Waals surface area contributed by atoms with Crippen LogP contribution in [-0.4, -0.2) is 16.0 Å². The number of Topliss-reactive ketones (excluding diaryl/α,β-unsaturated/α-hetero) is 1. The average molecular weight is 435 g/mol. The number of benzene rings is 2. The number of hydrogen-bond donors (Lipinski definition) is 2. The zero-order valence-corrected chi connectivity index (χ0v) is 20.8. The Labute approximate surface area is 193 Å². The van der Waals surface area contributed by atoms with E-state index in [0.717, 1.165) is 33.4 Å². The Balaban J connectivity index is 2.07. The molecule has 0 aromatic heterocycles. The molecule has 3 nitrogen and oxygen atoms in total. The molecule has 172 valence electrons. The molecule has 32 heavy (non-hydrogen) atoms. The van der Waals surface area contributed by atoms with Gasteiger partial charge in [-0.3, -0.25) is 4.79 Å². The Morgan fingerprint density at radius 2 is 0.969 bits per heavy atom. The summed E-state index contributed by atoms with van der Waals surface area (Å²) in [5.41, 5.74) is 4.50. The summed E-state index contributed by atoms with van der Waals surface area (Å²) < 4.78 is 0. The molecule has 2 aromatic rings. The smallest absolute Gasteiger partial charge is 0.144 e. The van der Waals surface area contributed by atoms with Crippen molar-refractivity contribution < 1.29 is 15.0 Å². The van der Waals surface area contributed by atoms with E-state index in [4.69, 9.17) is 0 Å². The van der Waals surface area contributed by atoms with E-state index in [2.05, 4.69) is 12.2 Å². The summed E-state index contributed by atoms with van der Waals surface area (Å²) in [5, 5.41) is 19.9. The van der Waals surface area contributed by atoms with Crippen LogP contribution in [0.4, 0.5) is 0 Å². The van der Waals surface area contributed by atoms with E-state index in [9.17, 15) is 15.0 Å². The molecule has 0 aliphatic rings. The molecule has 2 N–H and O–H groups in total. The second kappa shape index (κ2) is 9.77. The van der Waals surface area contributed by atoms with Gasteiger partial charge in [0.2, 0.25) is 0 Å². The molecule has 0 aliphatic carbocycles. The van der Waals surface area contributed by atoms with Gasteiger partial charge in [0.15, 0.2) is 0 Å². The van der Waals surface area contributed by atoms with Crippen LogP contribution in [0.1, 0.15) is 73.9 Å². The van der Waals surface area contributed by atoms with Gasteiger partial charge in [0.25, 0.3) is 0 Å². The van der Waals surface area contributed by atoms with Crippen LogP contribution in [0.25, 0.3) is 12.2 Å². The minimum atomic E-state index is -0.486. The third kappa shape index (κ3) is 6.12. The topological polar surface area (TPSA) is 57.5 Å². The molecule has 0 spiro atoms. The van der Waals surface area contributed by atoms with E-state index in [1.807, 2.05) is 91.8 Å². The van der Waals surface area contributed by atoms with E-state index in [0.29, 0.717) is 24.3 Å². The number of ketones is 1. The van der Waals surface area contributed by atoms with Crippen molar-refractivity contribution >= 4 is 17.9 Å². The number of carbonyl (C=O) groups excluding carboxylic acids is 1. The Morgan fingerprint density at radius 3 is 1.25 bits per heavy atom. The first-order chi connectivity index (χ1) is 14.7. The minimum Gasteiger partial charge on any atom is -0.507 e. The van der Waals surface area contributed by atoms with Gasteiger partial charge in [0, 0.05) is 10.8 Å².